The number of nitrogens with zero attached hydrogens (tertiary/aromatic N) is 1. The molecule has 1 heterocycles. The van der Waals surface area contributed by atoms with Crippen LogP contribution in [0.4, 0.5) is 5.69 Å². The molecule has 0 bridgehead atoms. The highest BCUT2D eigenvalue weighted by Crippen LogP contribution is 2.39. The van der Waals surface area contributed by atoms with E-state index in [1.165, 1.54) is 19.3 Å². The molecule has 126 valence electrons. The fourth-order valence-corrected chi connectivity index (χ4v) is 5.07. The molecule has 2 fully saturated rings. The van der Waals surface area contributed by atoms with E-state index in [2.05, 4.69) is 20.8 Å². The van der Waals surface area contributed by atoms with E-state index >= 15 is 0 Å². The summed E-state index contributed by atoms with van der Waals surface area (Å²) in [4.78, 5) is 14.9. The van der Waals surface area contributed by atoms with Crippen LogP contribution in [0.25, 0.3) is 0 Å². The standard InChI is InChI=1S/C17H21BrCl2N2O/c18-13-9-14(19)12(15(20)16(13)21)8-10-6-7-22(17(10)23)11-4-2-1-3-5-11/h9-11H,1-8,21H2. The highest BCUT2D eigenvalue weighted by atomic mass is 79.9. The summed E-state index contributed by atoms with van der Waals surface area (Å²) in [6, 6.07) is 2.19. The Hall–Kier alpha value is -0.450. The maximum Gasteiger partial charge on any atom is 0.226 e. The Morgan fingerprint density at radius 2 is 1.91 bits per heavy atom. The number of hydrogen-bond acceptors (Lipinski definition) is 2. The molecule has 1 atom stereocenters. The Kier molecular flexibility index (Phi) is 5.44. The van der Waals surface area contributed by atoms with Crippen LogP contribution in [0.3, 0.4) is 0 Å². The molecule has 6 heteroatoms. The molecule has 1 amide bonds. The van der Waals surface area contributed by atoms with Crippen molar-refractivity contribution in [1.29, 1.82) is 0 Å². The average molecular weight is 420 g/mol. The molecule has 1 unspecified atom stereocenters. The molecule has 1 aromatic rings. The lowest BCUT2D eigenvalue weighted by Gasteiger charge is -2.31. The number of nitrogens with two attached hydrogens (primary N) is 1. The van der Waals surface area contributed by atoms with Gasteiger partial charge in [-0.1, -0.05) is 42.5 Å². The van der Waals surface area contributed by atoms with Gasteiger partial charge in [-0.2, -0.15) is 0 Å². The molecule has 0 aromatic heterocycles. The van der Waals surface area contributed by atoms with Crippen LogP contribution in [0, 0.1) is 5.92 Å². The molecule has 1 aliphatic carbocycles. The number of nitrogen functional groups attached to an aromatic ring is 1. The number of carbonyl (C=O) groups is 1. The van der Waals surface area contributed by atoms with Gasteiger partial charge in [0.1, 0.15) is 0 Å². The summed E-state index contributed by atoms with van der Waals surface area (Å²) < 4.78 is 0.692. The van der Waals surface area contributed by atoms with E-state index < -0.39 is 0 Å². The molecule has 1 aromatic carbocycles. The SMILES string of the molecule is Nc1c(Br)cc(Cl)c(CC2CCN(C3CCCCC3)C2=O)c1Cl. The van der Waals surface area contributed by atoms with Gasteiger partial charge in [-0.05, 0) is 53.2 Å². The number of rotatable bonds is 3. The quantitative estimate of drug-likeness (QED) is 0.695. The van der Waals surface area contributed by atoms with Crippen molar-refractivity contribution in [2.24, 2.45) is 5.92 Å². The van der Waals surface area contributed by atoms with Crippen LogP contribution in [-0.2, 0) is 11.2 Å². The summed E-state index contributed by atoms with van der Waals surface area (Å²) in [6.07, 6.45) is 7.50. The lowest BCUT2D eigenvalue weighted by molar-refractivity contribution is -0.133. The topological polar surface area (TPSA) is 46.3 Å². The normalized spacial score (nSPS) is 22.8. The Bertz CT molecular complexity index is 617. The third kappa shape index (κ3) is 3.49. The van der Waals surface area contributed by atoms with Crippen molar-refractivity contribution in [2.45, 2.75) is 51.0 Å². The highest BCUT2D eigenvalue weighted by molar-refractivity contribution is 9.10. The first kappa shape index (κ1) is 17.4. The third-order valence-corrected chi connectivity index (χ3v) is 6.54. The van der Waals surface area contributed by atoms with Crippen LogP contribution >= 0.6 is 39.1 Å². The van der Waals surface area contributed by atoms with Crippen LogP contribution in [0.1, 0.15) is 44.1 Å². The number of hydrogen-bond donors (Lipinski definition) is 1. The van der Waals surface area contributed by atoms with Gasteiger partial charge in [0.25, 0.3) is 0 Å². The first-order valence-corrected chi connectivity index (χ1v) is 9.76. The molecule has 1 saturated carbocycles. The average Bonchev–Trinajstić information content (AvgIpc) is 2.91. The van der Waals surface area contributed by atoms with Crippen molar-refractivity contribution in [3.05, 3.63) is 26.1 Å². The zero-order valence-corrected chi connectivity index (χ0v) is 16.1. The fourth-order valence-electron chi connectivity index (χ4n) is 3.79. The molecule has 2 N–H and O–H groups in total. The second-order valence-corrected chi connectivity index (χ2v) is 8.20. The maximum atomic E-state index is 12.8. The van der Waals surface area contributed by atoms with Gasteiger partial charge in [-0.25, -0.2) is 0 Å². The van der Waals surface area contributed by atoms with Crippen molar-refractivity contribution in [3.8, 4) is 0 Å². The van der Waals surface area contributed by atoms with E-state index in [-0.39, 0.29) is 11.8 Å². The Morgan fingerprint density at radius 1 is 1.22 bits per heavy atom. The number of halogens is 3. The molecule has 3 rings (SSSR count). The number of anilines is 1. The van der Waals surface area contributed by atoms with Gasteiger partial charge in [0, 0.05) is 28.0 Å². The summed E-state index contributed by atoms with van der Waals surface area (Å²) in [7, 11) is 0. The highest BCUT2D eigenvalue weighted by Gasteiger charge is 2.36. The lowest BCUT2D eigenvalue weighted by atomic mass is 9.94. The van der Waals surface area contributed by atoms with E-state index in [9.17, 15) is 4.79 Å². The number of likely N-dealkylation sites (tertiary alicyclic amines) is 1. The first-order chi connectivity index (χ1) is 11.0. The van der Waals surface area contributed by atoms with E-state index in [1.54, 1.807) is 6.07 Å². The Labute approximate surface area is 155 Å². The van der Waals surface area contributed by atoms with Gasteiger partial charge >= 0.3 is 0 Å². The third-order valence-electron chi connectivity index (χ3n) is 5.12. The second-order valence-electron chi connectivity index (χ2n) is 6.56. The van der Waals surface area contributed by atoms with Crippen molar-refractivity contribution in [1.82, 2.24) is 4.90 Å². The molecular formula is C17H21BrCl2N2O. The monoisotopic (exact) mass is 418 g/mol. The predicted molar refractivity (Wildman–Crippen MR) is 99.0 cm³/mol. The van der Waals surface area contributed by atoms with Gasteiger partial charge in [0.15, 0.2) is 0 Å². The summed E-state index contributed by atoms with van der Waals surface area (Å²) in [5.41, 5.74) is 7.25. The van der Waals surface area contributed by atoms with Crippen molar-refractivity contribution < 1.29 is 4.79 Å². The van der Waals surface area contributed by atoms with Crippen molar-refractivity contribution >= 4 is 50.7 Å². The van der Waals surface area contributed by atoms with Gasteiger partial charge in [-0.3, -0.25) is 4.79 Å². The Morgan fingerprint density at radius 3 is 2.61 bits per heavy atom. The molecule has 23 heavy (non-hydrogen) atoms. The minimum Gasteiger partial charge on any atom is -0.397 e. The van der Waals surface area contributed by atoms with Crippen LogP contribution in [0.2, 0.25) is 10.0 Å². The smallest absolute Gasteiger partial charge is 0.226 e. The fraction of sp³-hybridized carbons (Fsp3) is 0.588. The van der Waals surface area contributed by atoms with Gasteiger partial charge in [-0.15, -0.1) is 0 Å². The zero-order chi connectivity index (χ0) is 16.6. The van der Waals surface area contributed by atoms with Crippen LogP contribution < -0.4 is 5.73 Å². The van der Waals surface area contributed by atoms with E-state index in [4.69, 9.17) is 28.9 Å². The summed E-state index contributed by atoms with van der Waals surface area (Å²) in [5.74, 6) is 0.220. The van der Waals surface area contributed by atoms with E-state index in [0.717, 1.165) is 31.4 Å². The first-order valence-electron chi connectivity index (χ1n) is 8.21. The molecule has 2 aliphatic rings. The molecule has 0 radical (unpaired) electrons. The predicted octanol–water partition coefficient (Wildman–Crippen LogP) is 5.06. The minimum absolute atomic E-state index is 0.0347. The Balaban J connectivity index is 1.74. The van der Waals surface area contributed by atoms with Crippen molar-refractivity contribution in [2.75, 3.05) is 12.3 Å². The molecule has 1 saturated heterocycles. The van der Waals surface area contributed by atoms with Crippen LogP contribution in [0.15, 0.2) is 10.5 Å². The molecule has 1 aliphatic heterocycles. The summed E-state index contributed by atoms with van der Waals surface area (Å²) in [5, 5.41) is 1.04. The molecule has 3 nitrogen and oxygen atoms in total. The number of benzene rings is 1. The lowest BCUT2D eigenvalue weighted by Crippen LogP contribution is -2.39. The van der Waals surface area contributed by atoms with Gasteiger partial charge in [0.2, 0.25) is 5.91 Å². The summed E-state index contributed by atoms with van der Waals surface area (Å²) >= 11 is 16.0. The van der Waals surface area contributed by atoms with E-state index in [0.29, 0.717) is 32.7 Å². The van der Waals surface area contributed by atoms with Crippen molar-refractivity contribution in [3.63, 3.8) is 0 Å². The molecular weight excluding hydrogens is 399 g/mol. The minimum atomic E-state index is -0.0347. The van der Waals surface area contributed by atoms with Gasteiger partial charge in [0.05, 0.1) is 10.7 Å². The van der Waals surface area contributed by atoms with Crippen LogP contribution in [-0.4, -0.2) is 23.4 Å². The molecule has 0 spiro atoms. The largest absolute Gasteiger partial charge is 0.397 e. The maximum absolute atomic E-state index is 12.8. The van der Waals surface area contributed by atoms with E-state index in [1.807, 2.05) is 0 Å². The zero-order valence-electron chi connectivity index (χ0n) is 13.0. The number of amides is 1. The van der Waals surface area contributed by atoms with Gasteiger partial charge < -0.3 is 10.6 Å². The number of carbonyl (C=O) groups excluding carboxylic acids is 1. The van der Waals surface area contributed by atoms with Crippen LogP contribution in [0.5, 0.6) is 0 Å². The second kappa shape index (κ2) is 7.20. The summed E-state index contributed by atoms with van der Waals surface area (Å²) in [6.45, 7) is 0.857.